The molecule has 4 aromatic carbocycles. The predicted molar refractivity (Wildman–Crippen MR) is 387 cm³/mol. The van der Waals surface area contributed by atoms with Gasteiger partial charge in [0.15, 0.2) is 46.1 Å². The Morgan fingerprint density at radius 2 is 0.899 bits per heavy atom. The molecule has 25 nitrogen and oxygen atoms in total. The van der Waals surface area contributed by atoms with Crippen molar-refractivity contribution in [1.82, 2.24) is 63.5 Å². The second-order valence-corrected chi connectivity index (χ2v) is 28.7. The summed E-state index contributed by atoms with van der Waals surface area (Å²) in [5.74, 6) is -7.36. The molecular weight excluding hydrogens is 1430 g/mol. The third-order valence-electron chi connectivity index (χ3n) is 19.2. The number of hydrogen-bond acceptors (Lipinski definition) is 17. The Hall–Kier alpha value is -10.9. The lowest BCUT2D eigenvalue weighted by Gasteiger charge is -2.39. The number of alkyl halides is 4. The molecule has 3 N–H and O–H groups in total. The SMILES string of the molecule is CCc1cc(Nc2nccn3c(-c4ccc(OC(F)F)c(F)c4F)cnc23)ccc1C(=O)N1CCN(C(=O)C2CCN(C(=O)OC(C)(C)C)CC2)CC1.CCc1cc(Nc2nccn3c(-c4ccc(OC(F)F)c(F)c4F)cnc23)ccc1C(=O)N1CCN(C(=O)C2CCN(CCNC(=O)OC(C)(C)C)CC2)CC1. The van der Waals surface area contributed by atoms with Crippen molar-refractivity contribution in [3.05, 3.63) is 143 Å². The summed E-state index contributed by atoms with van der Waals surface area (Å²) in [7, 11) is 0. The number of carbonyl (C=O) groups is 6. The molecule has 6 amide bonds. The van der Waals surface area contributed by atoms with Gasteiger partial charge in [-0.25, -0.2) is 38.3 Å². The van der Waals surface area contributed by atoms with Crippen LogP contribution in [0, 0.1) is 35.1 Å². The van der Waals surface area contributed by atoms with E-state index in [4.69, 9.17) is 9.47 Å². The van der Waals surface area contributed by atoms with E-state index in [1.165, 1.54) is 46.0 Å². The number of imidazole rings is 2. The highest BCUT2D eigenvalue weighted by atomic mass is 19.3. The number of piperazine rings is 2. The highest BCUT2D eigenvalue weighted by Gasteiger charge is 2.36. The minimum Gasteiger partial charge on any atom is -0.444 e. The number of alkyl carbamates (subject to hydrolysis) is 1. The van der Waals surface area contributed by atoms with Gasteiger partial charge in [-0.2, -0.15) is 26.3 Å². The number of aryl methyl sites for hydroxylation is 2. The van der Waals surface area contributed by atoms with Crippen LogP contribution >= 0.6 is 0 Å². The molecule has 109 heavy (non-hydrogen) atoms. The summed E-state index contributed by atoms with van der Waals surface area (Å²) >= 11 is 0. The number of likely N-dealkylation sites (tertiary alicyclic amines) is 2. The Balaban J connectivity index is 0.000000217. The van der Waals surface area contributed by atoms with Crippen LogP contribution in [0.25, 0.3) is 33.8 Å². The first-order chi connectivity index (χ1) is 51.9. The van der Waals surface area contributed by atoms with E-state index in [1.807, 2.05) is 77.3 Å². The smallest absolute Gasteiger partial charge is 0.410 e. The maximum atomic E-state index is 15.0. The molecule has 0 saturated carbocycles. The molecule has 4 aliphatic rings. The number of halogens is 8. The fourth-order valence-electron chi connectivity index (χ4n) is 13.7. The molecule has 33 heteroatoms. The first-order valence-electron chi connectivity index (χ1n) is 36.1. The van der Waals surface area contributed by atoms with E-state index in [2.05, 4.69) is 50.3 Å². The van der Waals surface area contributed by atoms with Crippen LogP contribution in [0.3, 0.4) is 0 Å². The van der Waals surface area contributed by atoms with Crippen LogP contribution in [-0.4, -0.2) is 210 Å². The van der Waals surface area contributed by atoms with E-state index in [-0.39, 0.29) is 69.7 Å². The fourth-order valence-corrected chi connectivity index (χ4v) is 13.7. The summed E-state index contributed by atoms with van der Waals surface area (Å²) in [4.78, 5) is 107. The minimum atomic E-state index is -3.31. The fraction of sp³-hybridized carbons (Fsp3) is 0.447. The molecule has 0 aliphatic carbocycles. The summed E-state index contributed by atoms with van der Waals surface area (Å²) in [5, 5.41) is 9.18. The standard InChI is InChI=1S/C39H46F4N8O5.C37H41F4N7O5/c1-5-24-22-26(47-33-34-46-23-29(51(34)17-13-44-33)28-8-9-30(55-37(42)43)32(41)31(28)40)6-7-27(24)36(53)50-20-18-49(19-21-50)35(52)25-10-14-48(15-11-25)16-12-45-38(54)56-39(2,3)4;1-5-22-20-24(44-31-32-43-21-27(48(32)15-12-42-31)26-8-9-28(52-35(40)41)30(39)29(26)38)6-7-25(22)34(50)46-18-16-45(17-19-46)33(49)23-10-13-47(14-11-23)36(51)53-37(2,3)4/h6-9,13,17,22-23,25,37H,5,10-12,14-16,18-21H2,1-4H3,(H,44,47)(H,45,54);6-9,12,15,20-21,23,35H,5,10-11,13-14,16-19H2,1-4H3,(H,42,44). The second kappa shape index (κ2) is 34.2. The van der Waals surface area contributed by atoms with Crippen LogP contribution in [0.5, 0.6) is 11.5 Å². The number of nitrogens with zero attached hydrogens (tertiary/aromatic N) is 12. The van der Waals surface area contributed by atoms with Gasteiger partial charge < -0.3 is 64.3 Å². The number of fused-ring (bicyclic) bond motifs is 2. The van der Waals surface area contributed by atoms with E-state index in [9.17, 15) is 63.9 Å². The average Bonchev–Trinajstić information content (AvgIpc) is 1.66. The number of amides is 6. The van der Waals surface area contributed by atoms with Gasteiger partial charge in [0, 0.05) is 149 Å². The van der Waals surface area contributed by atoms with Crippen LogP contribution < -0.4 is 25.4 Å². The molecule has 0 bridgehead atoms. The lowest BCUT2D eigenvalue weighted by molar-refractivity contribution is -0.139. The van der Waals surface area contributed by atoms with Gasteiger partial charge in [0.2, 0.25) is 23.4 Å². The second-order valence-electron chi connectivity index (χ2n) is 28.7. The maximum Gasteiger partial charge on any atom is 0.410 e. The summed E-state index contributed by atoms with van der Waals surface area (Å²) in [6.07, 6.45) is 11.5. The molecule has 4 saturated heterocycles. The first kappa shape index (κ1) is 79.2. The summed E-state index contributed by atoms with van der Waals surface area (Å²) in [6, 6.07) is 14.8. The number of carbonyl (C=O) groups excluding carboxylic acids is 6. The molecule has 4 aromatic heterocycles. The molecule has 0 spiro atoms. The average molecular weight is 1520 g/mol. The Kier molecular flexibility index (Phi) is 24.8. The molecule has 4 fully saturated rings. The number of ether oxygens (including phenoxy) is 4. The monoisotopic (exact) mass is 1520 g/mol. The van der Waals surface area contributed by atoms with Crippen molar-refractivity contribution in [2.24, 2.45) is 11.8 Å². The molecule has 0 unspecified atom stereocenters. The third-order valence-corrected chi connectivity index (χ3v) is 19.2. The number of benzene rings is 4. The van der Waals surface area contributed by atoms with Crippen molar-refractivity contribution in [1.29, 1.82) is 0 Å². The molecule has 4 aliphatic heterocycles. The highest BCUT2D eigenvalue weighted by Crippen LogP contribution is 2.36. The summed E-state index contributed by atoms with van der Waals surface area (Å²) in [5.41, 5.74) is 3.25. The molecular formula is C76H87F8N15O10. The quantitative estimate of drug-likeness (QED) is 0.0636. The summed E-state index contributed by atoms with van der Waals surface area (Å²) < 4.78 is 131. The van der Waals surface area contributed by atoms with Crippen molar-refractivity contribution in [3.63, 3.8) is 0 Å². The van der Waals surface area contributed by atoms with Crippen LogP contribution in [0.4, 0.5) is 67.7 Å². The highest BCUT2D eigenvalue weighted by molar-refractivity contribution is 5.97. The topological polar surface area (TPSA) is 255 Å². The number of piperidine rings is 2. The minimum absolute atomic E-state index is 0.0495. The Bertz CT molecular complexity index is 4630. The van der Waals surface area contributed by atoms with Crippen molar-refractivity contribution >= 4 is 70.1 Å². The molecule has 8 heterocycles. The van der Waals surface area contributed by atoms with Gasteiger partial charge in [0.05, 0.1) is 23.8 Å². The number of anilines is 4. The van der Waals surface area contributed by atoms with Crippen LogP contribution in [0.15, 0.2) is 97.8 Å². The number of rotatable bonds is 19. The zero-order valence-electron chi connectivity index (χ0n) is 61.7. The molecule has 12 rings (SSSR count). The van der Waals surface area contributed by atoms with Crippen molar-refractivity contribution in [2.75, 3.05) is 102 Å². The Labute approximate surface area is 623 Å². The van der Waals surface area contributed by atoms with Gasteiger partial charge >= 0.3 is 25.4 Å². The third kappa shape index (κ3) is 19.0. The van der Waals surface area contributed by atoms with Crippen molar-refractivity contribution in [2.45, 2.75) is 118 Å². The van der Waals surface area contributed by atoms with Gasteiger partial charge in [0.1, 0.15) is 11.2 Å². The van der Waals surface area contributed by atoms with Crippen LogP contribution in [0.1, 0.15) is 113 Å². The van der Waals surface area contributed by atoms with Gasteiger partial charge in [0.25, 0.3) is 11.8 Å². The van der Waals surface area contributed by atoms with Gasteiger partial charge in [-0.3, -0.25) is 28.0 Å². The normalized spacial score (nSPS) is 15.6. The van der Waals surface area contributed by atoms with Crippen LogP contribution in [-0.2, 0) is 31.9 Å². The molecule has 8 aromatic rings. The lowest BCUT2D eigenvalue weighted by Crippen LogP contribution is -2.53. The van der Waals surface area contributed by atoms with Crippen molar-refractivity contribution in [3.8, 4) is 34.0 Å². The van der Waals surface area contributed by atoms with Crippen molar-refractivity contribution < 1.29 is 82.8 Å². The van der Waals surface area contributed by atoms with E-state index >= 15 is 0 Å². The number of nitrogens with one attached hydrogen (secondary N) is 3. The number of aromatic nitrogens is 6. The maximum absolute atomic E-state index is 15.0. The van der Waals surface area contributed by atoms with Gasteiger partial charge in [-0.15, -0.1) is 0 Å². The van der Waals surface area contributed by atoms with Gasteiger partial charge in [-0.1, -0.05) is 13.8 Å². The predicted octanol–water partition coefficient (Wildman–Crippen LogP) is 12.6. The Morgan fingerprint density at radius 3 is 1.29 bits per heavy atom. The summed E-state index contributed by atoms with van der Waals surface area (Å²) in [6.45, 7) is 15.2. The van der Waals surface area contributed by atoms with E-state index < -0.39 is 65.3 Å². The number of hydrogen-bond donors (Lipinski definition) is 3. The van der Waals surface area contributed by atoms with Crippen LogP contribution in [0.2, 0.25) is 0 Å². The lowest BCUT2D eigenvalue weighted by atomic mass is 9.95. The largest absolute Gasteiger partial charge is 0.444 e. The Morgan fingerprint density at radius 1 is 0.495 bits per heavy atom. The van der Waals surface area contributed by atoms with Gasteiger partial charge in [-0.05, 0) is 165 Å². The first-order valence-corrected chi connectivity index (χ1v) is 36.1. The molecule has 0 radical (unpaired) electrons. The zero-order valence-corrected chi connectivity index (χ0v) is 61.7. The van der Waals surface area contributed by atoms with E-state index in [0.29, 0.717) is 144 Å². The molecule has 582 valence electrons. The zero-order chi connectivity index (χ0) is 78.2. The van der Waals surface area contributed by atoms with E-state index in [1.54, 1.807) is 39.0 Å². The molecule has 0 atom stereocenters. The van der Waals surface area contributed by atoms with E-state index in [0.717, 1.165) is 61.3 Å².